The van der Waals surface area contributed by atoms with Crippen LogP contribution < -0.4 is 15.8 Å². The molecular formula is C17H15F6N5O3S. The molecule has 2 aromatic rings. The smallest absolute Gasteiger partial charge is 0.365 e. The lowest BCUT2D eigenvalue weighted by molar-refractivity contribution is -0.168. The summed E-state index contributed by atoms with van der Waals surface area (Å²) in [6, 6.07) is 1.69. The highest BCUT2D eigenvalue weighted by molar-refractivity contribution is 7.89. The summed E-state index contributed by atoms with van der Waals surface area (Å²) >= 11 is 0. The van der Waals surface area contributed by atoms with Crippen LogP contribution in [0.5, 0.6) is 0 Å². The van der Waals surface area contributed by atoms with E-state index in [1.807, 2.05) is 0 Å². The molecule has 1 aliphatic rings. The van der Waals surface area contributed by atoms with Gasteiger partial charge in [-0.05, 0) is 24.1 Å². The molecule has 0 radical (unpaired) electrons. The van der Waals surface area contributed by atoms with Crippen LogP contribution in [0.25, 0.3) is 11.1 Å². The lowest BCUT2D eigenvalue weighted by atomic mass is 9.95. The zero-order valence-corrected chi connectivity index (χ0v) is 16.7. The summed E-state index contributed by atoms with van der Waals surface area (Å²) in [4.78, 5) is 20.3. The van der Waals surface area contributed by atoms with Crippen LogP contribution in [0, 0.1) is 5.92 Å². The summed E-state index contributed by atoms with van der Waals surface area (Å²) in [6.45, 7) is -0.874. The number of nitrogens with two attached hydrogens (primary N) is 2. The highest BCUT2D eigenvalue weighted by atomic mass is 32.2. The first-order valence-corrected chi connectivity index (χ1v) is 10.4. The van der Waals surface area contributed by atoms with Crippen LogP contribution in [-0.4, -0.2) is 43.6 Å². The molecule has 4 N–H and O–H groups in total. The van der Waals surface area contributed by atoms with Crippen LogP contribution in [0.15, 0.2) is 29.6 Å². The molecule has 0 aliphatic carbocycles. The van der Waals surface area contributed by atoms with Crippen molar-refractivity contribution >= 4 is 21.7 Å². The average Bonchev–Trinajstić information content (AvgIpc) is 3.16. The van der Waals surface area contributed by atoms with Gasteiger partial charge in [-0.15, -0.1) is 0 Å². The van der Waals surface area contributed by atoms with E-state index in [9.17, 15) is 39.6 Å². The molecule has 0 bridgehead atoms. The minimum atomic E-state index is -5.06. The Kier molecular flexibility index (Phi) is 5.84. The van der Waals surface area contributed by atoms with E-state index in [-0.39, 0.29) is 13.0 Å². The molecule has 15 heteroatoms. The van der Waals surface area contributed by atoms with Gasteiger partial charge in [0.15, 0.2) is 5.03 Å². The standard InChI is InChI=1S/C17H15F6N5O3S/c18-16(19,20)9-2-4-28(7-9)15-13(14(24)29)12(10(6-27-15)17(21,22)23)8-1-3-26-11(5-8)32(25,30)31/h1,3,5-6,9H,2,4,7H2,(H2,24,29)(H2,25,30,31). The van der Waals surface area contributed by atoms with Crippen LogP contribution in [0.3, 0.4) is 0 Å². The van der Waals surface area contributed by atoms with E-state index in [0.717, 1.165) is 17.2 Å². The molecule has 32 heavy (non-hydrogen) atoms. The molecule has 2 aromatic heterocycles. The van der Waals surface area contributed by atoms with E-state index < -0.39 is 73.8 Å². The number of halogens is 6. The number of nitrogens with zero attached hydrogens (tertiary/aromatic N) is 3. The summed E-state index contributed by atoms with van der Waals surface area (Å²) in [7, 11) is -4.42. The molecule has 3 rings (SSSR count). The van der Waals surface area contributed by atoms with E-state index in [0.29, 0.717) is 12.3 Å². The topological polar surface area (TPSA) is 132 Å². The number of amides is 1. The fraction of sp³-hybridized carbons (Fsp3) is 0.353. The number of alkyl halides is 6. The minimum Gasteiger partial charge on any atom is -0.365 e. The maximum Gasteiger partial charge on any atom is 0.418 e. The first-order chi connectivity index (χ1) is 14.6. The quantitative estimate of drug-likeness (QED) is 0.642. The van der Waals surface area contributed by atoms with Crippen LogP contribution in [0.4, 0.5) is 32.2 Å². The Labute approximate surface area is 177 Å². The number of carbonyl (C=O) groups excluding carboxylic acids is 1. The molecular weight excluding hydrogens is 468 g/mol. The Balaban J connectivity index is 2.28. The van der Waals surface area contributed by atoms with Gasteiger partial charge in [0.25, 0.3) is 15.9 Å². The van der Waals surface area contributed by atoms with Crippen molar-refractivity contribution in [1.29, 1.82) is 0 Å². The van der Waals surface area contributed by atoms with Gasteiger partial charge in [-0.2, -0.15) is 26.3 Å². The number of aromatic nitrogens is 2. The van der Waals surface area contributed by atoms with Crippen molar-refractivity contribution in [3.05, 3.63) is 35.7 Å². The SMILES string of the molecule is NC(=O)c1c(N2CCC(C(F)(F)F)C2)ncc(C(F)(F)F)c1-c1ccnc(S(N)(=O)=O)c1. The fourth-order valence-electron chi connectivity index (χ4n) is 3.43. The van der Waals surface area contributed by atoms with Crippen LogP contribution in [-0.2, 0) is 16.2 Å². The third-order valence-corrected chi connectivity index (χ3v) is 5.68. The fourth-order valence-corrected chi connectivity index (χ4v) is 3.93. The maximum atomic E-state index is 13.7. The second kappa shape index (κ2) is 7.88. The van der Waals surface area contributed by atoms with Gasteiger partial charge in [0, 0.05) is 31.0 Å². The van der Waals surface area contributed by atoms with Gasteiger partial charge in [0.2, 0.25) is 0 Å². The summed E-state index contributed by atoms with van der Waals surface area (Å²) in [6.07, 6.45) is -8.75. The van der Waals surface area contributed by atoms with Gasteiger partial charge in [-0.3, -0.25) is 4.79 Å². The number of rotatable bonds is 4. The molecule has 3 heterocycles. The largest absolute Gasteiger partial charge is 0.418 e. The number of hydrogen-bond acceptors (Lipinski definition) is 6. The predicted octanol–water partition coefficient (Wildman–Crippen LogP) is 2.30. The van der Waals surface area contributed by atoms with E-state index >= 15 is 0 Å². The van der Waals surface area contributed by atoms with E-state index in [4.69, 9.17) is 10.9 Å². The highest BCUT2D eigenvalue weighted by Gasteiger charge is 2.45. The number of hydrogen-bond donors (Lipinski definition) is 2. The molecule has 0 saturated carbocycles. The Hall–Kier alpha value is -2.94. The molecule has 1 amide bonds. The highest BCUT2D eigenvalue weighted by Crippen LogP contribution is 2.43. The van der Waals surface area contributed by atoms with Crippen LogP contribution >= 0.6 is 0 Å². The lowest BCUT2D eigenvalue weighted by Gasteiger charge is -2.24. The molecule has 1 saturated heterocycles. The zero-order chi connectivity index (χ0) is 24.1. The first-order valence-electron chi connectivity index (χ1n) is 8.81. The van der Waals surface area contributed by atoms with Crippen LogP contribution in [0.1, 0.15) is 22.3 Å². The molecule has 8 nitrogen and oxygen atoms in total. The van der Waals surface area contributed by atoms with Gasteiger partial charge in [0.1, 0.15) is 5.82 Å². The maximum absolute atomic E-state index is 13.7. The van der Waals surface area contributed by atoms with Gasteiger partial charge in [0.05, 0.1) is 17.0 Å². The molecule has 1 aliphatic heterocycles. The molecule has 174 valence electrons. The van der Waals surface area contributed by atoms with Crippen molar-refractivity contribution in [3.63, 3.8) is 0 Å². The lowest BCUT2D eigenvalue weighted by Crippen LogP contribution is -2.30. The second-order valence-corrected chi connectivity index (χ2v) is 8.52. The number of sulfonamides is 1. The summed E-state index contributed by atoms with van der Waals surface area (Å²) < 4.78 is 104. The summed E-state index contributed by atoms with van der Waals surface area (Å²) in [5, 5.41) is 4.20. The Morgan fingerprint density at radius 3 is 2.31 bits per heavy atom. The van der Waals surface area contributed by atoms with Gasteiger partial charge in [-0.1, -0.05) is 0 Å². The Morgan fingerprint density at radius 1 is 1.16 bits per heavy atom. The van der Waals surface area contributed by atoms with Gasteiger partial charge < -0.3 is 10.6 Å². The number of carbonyl (C=O) groups is 1. The summed E-state index contributed by atoms with van der Waals surface area (Å²) in [5.41, 5.74) is 1.82. The first kappa shape index (κ1) is 23.7. The normalized spacial score (nSPS) is 17.6. The van der Waals surface area contributed by atoms with Crippen molar-refractivity contribution < 1.29 is 39.6 Å². The molecule has 1 fully saturated rings. The Morgan fingerprint density at radius 2 is 1.81 bits per heavy atom. The Bertz CT molecular complexity index is 1170. The molecule has 0 aromatic carbocycles. The van der Waals surface area contributed by atoms with Gasteiger partial charge in [-0.25, -0.2) is 23.5 Å². The third kappa shape index (κ3) is 4.62. The zero-order valence-electron chi connectivity index (χ0n) is 15.9. The number of pyridine rings is 2. The average molecular weight is 483 g/mol. The number of anilines is 1. The molecule has 1 atom stereocenters. The third-order valence-electron chi connectivity index (χ3n) is 4.88. The number of primary amides is 1. The predicted molar refractivity (Wildman–Crippen MR) is 98.7 cm³/mol. The monoisotopic (exact) mass is 483 g/mol. The van der Waals surface area contributed by atoms with Crippen molar-refractivity contribution in [2.45, 2.75) is 23.8 Å². The second-order valence-electron chi connectivity index (χ2n) is 7.01. The van der Waals surface area contributed by atoms with E-state index in [2.05, 4.69) is 9.97 Å². The minimum absolute atomic E-state index is 0.235. The van der Waals surface area contributed by atoms with E-state index in [1.54, 1.807) is 0 Å². The molecule has 1 unspecified atom stereocenters. The van der Waals surface area contributed by atoms with E-state index in [1.165, 1.54) is 0 Å². The van der Waals surface area contributed by atoms with Crippen LogP contribution in [0.2, 0.25) is 0 Å². The van der Waals surface area contributed by atoms with Gasteiger partial charge >= 0.3 is 12.4 Å². The molecule has 0 spiro atoms. The summed E-state index contributed by atoms with van der Waals surface area (Å²) in [5.74, 6) is -3.63. The van der Waals surface area contributed by atoms with Crippen molar-refractivity contribution in [2.75, 3.05) is 18.0 Å². The van der Waals surface area contributed by atoms with Crippen molar-refractivity contribution in [2.24, 2.45) is 16.8 Å². The number of primary sulfonamides is 1. The van der Waals surface area contributed by atoms with Crippen molar-refractivity contribution in [3.8, 4) is 11.1 Å². The van der Waals surface area contributed by atoms with Crippen molar-refractivity contribution in [1.82, 2.24) is 9.97 Å².